The van der Waals surface area contributed by atoms with E-state index in [9.17, 15) is 4.79 Å². The van der Waals surface area contributed by atoms with Crippen LogP contribution in [0.3, 0.4) is 0 Å². The Morgan fingerprint density at radius 1 is 0.852 bits per heavy atom. The summed E-state index contributed by atoms with van der Waals surface area (Å²) in [6.45, 7) is 0.797. The fourth-order valence-electron chi connectivity index (χ4n) is 2.53. The SMILES string of the molecule is COc1ccc(CNCC(=O)Nc2ccccc2Oc2ccccc2)cc1. The van der Waals surface area contributed by atoms with Gasteiger partial charge in [-0.25, -0.2) is 0 Å². The smallest absolute Gasteiger partial charge is 0.238 e. The number of rotatable bonds is 8. The van der Waals surface area contributed by atoms with Gasteiger partial charge in [0.2, 0.25) is 5.91 Å². The molecule has 138 valence electrons. The van der Waals surface area contributed by atoms with Crippen LogP contribution in [-0.2, 0) is 11.3 Å². The first-order valence-electron chi connectivity index (χ1n) is 8.70. The minimum Gasteiger partial charge on any atom is -0.497 e. The highest BCUT2D eigenvalue weighted by Crippen LogP contribution is 2.28. The molecule has 0 atom stereocenters. The zero-order chi connectivity index (χ0) is 18.9. The van der Waals surface area contributed by atoms with Crippen molar-refractivity contribution in [3.05, 3.63) is 84.4 Å². The van der Waals surface area contributed by atoms with Gasteiger partial charge in [-0.15, -0.1) is 0 Å². The standard InChI is InChI=1S/C22H22N2O3/c1-26-18-13-11-17(12-14-18)15-23-16-22(25)24-20-9-5-6-10-21(20)27-19-7-3-2-4-8-19/h2-14,23H,15-16H2,1H3,(H,24,25). The Morgan fingerprint density at radius 2 is 1.56 bits per heavy atom. The van der Waals surface area contributed by atoms with Crippen molar-refractivity contribution in [3.8, 4) is 17.2 Å². The Labute approximate surface area is 158 Å². The molecule has 0 aliphatic carbocycles. The molecule has 5 heteroatoms. The van der Waals surface area contributed by atoms with Gasteiger partial charge in [0.15, 0.2) is 5.75 Å². The fraction of sp³-hybridized carbons (Fsp3) is 0.136. The summed E-state index contributed by atoms with van der Waals surface area (Å²) < 4.78 is 11.0. The van der Waals surface area contributed by atoms with Crippen molar-refractivity contribution in [2.24, 2.45) is 0 Å². The van der Waals surface area contributed by atoms with E-state index in [1.54, 1.807) is 7.11 Å². The van der Waals surface area contributed by atoms with E-state index in [0.717, 1.165) is 17.1 Å². The van der Waals surface area contributed by atoms with E-state index < -0.39 is 0 Å². The number of benzene rings is 3. The number of hydrogen-bond acceptors (Lipinski definition) is 4. The summed E-state index contributed by atoms with van der Waals surface area (Å²) in [7, 11) is 1.64. The first-order chi connectivity index (χ1) is 13.2. The van der Waals surface area contributed by atoms with E-state index in [0.29, 0.717) is 18.0 Å². The Balaban J connectivity index is 1.53. The maximum atomic E-state index is 12.3. The van der Waals surface area contributed by atoms with Crippen molar-refractivity contribution in [1.29, 1.82) is 0 Å². The summed E-state index contributed by atoms with van der Waals surface area (Å²) in [6.07, 6.45) is 0. The summed E-state index contributed by atoms with van der Waals surface area (Å²) in [6, 6.07) is 24.6. The van der Waals surface area contributed by atoms with Crippen LogP contribution in [0.25, 0.3) is 0 Å². The molecule has 0 saturated heterocycles. The minimum atomic E-state index is -0.132. The molecule has 0 heterocycles. The lowest BCUT2D eigenvalue weighted by atomic mass is 10.2. The summed E-state index contributed by atoms with van der Waals surface area (Å²) in [4.78, 5) is 12.3. The molecular weight excluding hydrogens is 340 g/mol. The molecule has 2 N–H and O–H groups in total. The lowest BCUT2D eigenvalue weighted by molar-refractivity contribution is -0.115. The molecule has 1 amide bonds. The van der Waals surface area contributed by atoms with Crippen LogP contribution in [0.15, 0.2) is 78.9 Å². The van der Waals surface area contributed by atoms with Crippen LogP contribution < -0.4 is 20.1 Å². The molecule has 0 unspecified atom stereocenters. The van der Waals surface area contributed by atoms with Gasteiger partial charge >= 0.3 is 0 Å². The first-order valence-corrected chi connectivity index (χ1v) is 8.70. The largest absolute Gasteiger partial charge is 0.497 e. The first kappa shape index (κ1) is 18.5. The van der Waals surface area contributed by atoms with E-state index in [-0.39, 0.29) is 12.5 Å². The van der Waals surface area contributed by atoms with Crippen LogP contribution in [-0.4, -0.2) is 19.6 Å². The maximum absolute atomic E-state index is 12.3. The number of amides is 1. The number of hydrogen-bond donors (Lipinski definition) is 2. The molecule has 0 aliphatic rings. The number of para-hydroxylation sites is 3. The molecule has 0 saturated carbocycles. The highest BCUT2D eigenvalue weighted by atomic mass is 16.5. The third-order valence-electron chi connectivity index (χ3n) is 3.91. The van der Waals surface area contributed by atoms with E-state index in [4.69, 9.17) is 9.47 Å². The van der Waals surface area contributed by atoms with Crippen LogP contribution in [0.4, 0.5) is 5.69 Å². The number of carbonyl (C=O) groups excluding carboxylic acids is 1. The van der Waals surface area contributed by atoms with Crippen molar-refractivity contribution >= 4 is 11.6 Å². The van der Waals surface area contributed by atoms with Crippen LogP contribution in [0.2, 0.25) is 0 Å². The predicted molar refractivity (Wildman–Crippen MR) is 106 cm³/mol. The quantitative estimate of drug-likeness (QED) is 0.630. The molecule has 0 spiro atoms. The zero-order valence-corrected chi connectivity index (χ0v) is 15.1. The minimum absolute atomic E-state index is 0.132. The molecule has 0 radical (unpaired) electrons. The highest BCUT2D eigenvalue weighted by Gasteiger charge is 2.08. The summed E-state index contributed by atoms with van der Waals surface area (Å²) >= 11 is 0. The zero-order valence-electron chi connectivity index (χ0n) is 15.1. The van der Waals surface area contributed by atoms with E-state index >= 15 is 0 Å². The van der Waals surface area contributed by atoms with Gasteiger partial charge in [-0.3, -0.25) is 4.79 Å². The van der Waals surface area contributed by atoms with Crippen molar-refractivity contribution in [1.82, 2.24) is 5.32 Å². The Kier molecular flexibility index (Phi) is 6.44. The Morgan fingerprint density at radius 3 is 2.30 bits per heavy atom. The van der Waals surface area contributed by atoms with Crippen molar-refractivity contribution < 1.29 is 14.3 Å². The Bertz CT molecular complexity index is 864. The maximum Gasteiger partial charge on any atom is 0.238 e. The molecule has 5 nitrogen and oxygen atoms in total. The lowest BCUT2D eigenvalue weighted by Crippen LogP contribution is -2.27. The van der Waals surface area contributed by atoms with Crippen LogP contribution in [0, 0.1) is 0 Å². The van der Waals surface area contributed by atoms with Gasteiger partial charge in [0.25, 0.3) is 0 Å². The normalized spacial score (nSPS) is 10.3. The third-order valence-corrected chi connectivity index (χ3v) is 3.91. The van der Waals surface area contributed by atoms with Gasteiger partial charge in [0.1, 0.15) is 11.5 Å². The van der Waals surface area contributed by atoms with Gasteiger partial charge in [-0.05, 0) is 42.0 Å². The van der Waals surface area contributed by atoms with Crippen molar-refractivity contribution in [2.75, 3.05) is 19.0 Å². The monoisotopic (exact) mass is 362 g/mol. The summed E-state index contributed by atoms with van der Waals surface area (Å²) in [5, 5.41) is 6.02. The third kappa shape index (κ3) is 5.59. The number of ether oxygens (including phenoxy) is 2. The highest BCUT2D eigenvalue weighted by molar-refractivity contribution is 5.93. The number of anilines is 1. The molecule has 0 aliphatic heterocycles. The molecule has 3 aromatic carbocycles. The molecular formula is C22H22N2O3. The average Bonchev–Trinajstić information content (AvgIpc) is 2.71. The van der Waals surface area contributed by atoms with Gasteiger partial charge in [-0.2, -0.15) is 0 Å². The number of methoxy groups -OCH3 is 1. The van der Waals surface area contributed by atoms with Gasteiger partial charge in [0, 0.05) is 6.54 Å². The van der Waals surface area contributed by atoms with Gasteiger partial charge in [0.05, 0.1) is 19.3 Å². The molecule has 3 rings (SSSR count). The molecule has 0 bridgehead atoms. The summed E-state index contributed by atoms with van der Waals surface area (Å²) in [5.41, 5.74) is 1.72. The van der Waals surface area contributed by atoms with Crippen LogP contribution >= 0.6 is 0 Å². The number of carbonyl (C=O) groups is 1. The second-order valence-electron chi connectivity index (χ2n) is 5.91. The second kappa shape index (κ2) is 9.40. The van der Waals surface area contributed by atoms with Crippen LogP contribution in [0.5, 0.6) is 17.2 Å². The van der Waals surface area contributed by atoms with E-state index in [1.807, 2.05) is 78.9 Å². The van der Waals surface area contributed by atoms with Gasteiger partial charge < -0.3 is 20.1 Å². The Hall–Kier alpha value is -3.31. The topological polar surface area (TPSA) is 59.6 Å². The number of nitrogens with one attached hydrogen (secondary N) is 2. The van der Waals surface area contributed by atoms with Crippen LogP contribution in [0.1, 0.15) is 5.56 Å². The molecule has 3 aromatic rings. The molecule has 27 heavy (non-hydrogen) atoms. The predicted octanol–water partition coefficient (Wildman–Crippen LogP) is 4.22. The molecule has 0 fully saturated rings. The van der Waals surface area contributed by atoms with Crippen molar-refractivity contribution in [2.45, 2.75) is 6.54 Å². The van der Waals surface area contributed by atoms with Crippen molar-refractivity contribution in [3.63, 3.8) is 0 Å². The molecule has 0 aromatic heterocycles. The lowest BCUT2D eigenvalue weighted by Gasteiger charge is -2.12. The second-order valence-corrected chi connectivity index (χ2v) is 5.91. The van der Waals surface area contributed by atoms with E-state index in [2.05, 4.69) is 10.6 Å². The fourth-order valence-corrected chi connectivity index (χ4v) is 2.53. The van der Waals surface area contributed by atoms with E-state index in [1.165, 1.54) is 0 Å². The average molecular weight is 362 g/mol. The van der Waals surface area contributed by atoms with Gasteiger partial charge in [-0.1, -0.05) is 42.5 Å². The summed E-state index contributed by atoms with van der Waals surface area (Å²) in [5.74, 6) is 2.00.